The summed E-state index contributed by atoms with van der Waals surface area (Å²) in [4.78, 5) is 39.8. The highest BCUT2D eigenvalue weighted by molar-refractivity contribution is 5.98. The molecule has 0 aromatic heterocycles. The Bertz CT molecular complexity index is 1290. The van der Waals surface area contributed by atoms with Crippen molar-refractivity contribution in [2.45, 2.75) is 24.7 Å². The number of hydrogen-bond donors (Lipinski definition) is 1. The number of methoxy groups -OCH3 is 1. The first-order valence-electron chi connectivity index (χ1n) is 12.1. The highest BCUT2D eigenvalue weighted by Gasteiger charge is 2.50. The molecule has 7 nitrogen and oxygen atoms in total. The van der Waals surface area contributed by atoms with E-state index >= 15 is 4.39 Å². The maximum Gasteiger partial charge on any atom is 0.329 e. The van der Waals surface area contributed by atoms with E-state index in [0.717, 1.165) is 16.0 Å². The summed E-state index contributed by atoms with van der Waals surface area (Å²) in [6.45, 7) is -1.10. The smallest absolute Gasteiger partial charge is 0.329 e. The van der Waals surface area contributed by atoms with Crippen LogP contribution in [0.4, 0.5) is 8.78 Å². The van der Waals surface area contributed by atoms with E-state index in [1.165, 1.54) is 19.2 Å². The largest absolute Gasteiger partial charge is 0.459 e. The van der Waals surface area contributed by atoms with Crippen LogP contribution >= 0.6 is 0 Å². The molecule has 38 heavy (non-hydrogen) atoms. The lowest BCUT2D eigenvalue weighted by Crippen LogP contribution is -2.46. The molecule has 1 N–H and O–H groups in total. The van der Waals surface area contributed by atoms with Gasteiger partial charge in [-0.05, 0) is 41.0 Å². The minimum absolute atomic E-state index is 0.0110. The Morgan fingerprint density at radius 2 is 1.74 bits per heavy atom. The first kappa shape index (κ1) is 26.9. The Labute approximate surface area is 219 Å². The van der Waals surface area contributed by atoms with Crippen LogP contribution in [-0.2, 0) is 25.7 Å². The molecule has 4 rings (SSSR count). The quantitative estimate of drug-likeness (QED) is 0.431. The number of amides is 2. The highest BCUT2D eigenvalue weighted by atomic mass is 19.1. The zero-order valence-corrected chi connectivity index (χ0v) is 20.9. The van der Waals surface area contributed by atoms with Crippen molar-refractivity contribution in [1.82, 2.24) is 10.2 Å². The van der Waals surface area contributed by atoms with Crippen LogP contribution in [-0.4, -0.2) is 61.2 Å². The molecular formula is C29H28F2N2O5. The van der Waals surface area contributed by atoms with Gasteiger partial charge in [-0.15, -0.1) is 0 Å². The summed E-state index contributed by atoms with van der Waals surface area (Å²) in [6.07, 6.45) is -0.270. The van der Waals surface area contributed by atoms with Crippen LogP contribution in [0.3, 0.4) is 0 Å². The van der Waals surface area contributed by atoms with Gasteiger partial charge < -0.3 is 19.7 Å². The molecule has 3 aromatic rings. The van der Waals surface area contributed by atoms with Gasteiger partial charge in [-0.3, -0.25) is 9.59 Å². The fraction of sp³-hybridized carbons (Fsp3) is 0.276. The second kappa shape index (κ2) is 12.0. The Balaban J connectivity index is 1.41. The number of likely N-dealkylation sites (tertiary alicyclic amines) is 1. The Morgan fingerprint density at radius 3 is 2.45 bits per heavy atom. The Morgan fingerprint density at radius 1 is 1.00 bits per heavy atom. The van der Waals surface area contributed by atoms with Crippen molar-refractivity contribution in [2.75, 3.05) is 26.8 Å². The topological polar surface area (TPSA) is 84.9 Å². The molecular weight excluding hydrogens is 494 g/mol. The van der Waals surface area contributed by atoms with Gasteiger partial charge in [0.2, 0.25) is 5.91 Å². The van der Waals surface area contributed by atoms with Crippen LogP contribution in [0.15, 0.2) is 78.9 Å². The molecule has 9 heteroatoms. The van der Waals surface area contributed by atoms with Crippen LogP contribution in [0.25, 0.3) is 11.1 Å². The molecule has 0 radical (unpaired) electrons. The van der Waals surface area contributed by atoms with E-state index in [4.69, 9.17) is 9.47 Å². The van der Waals surface area contributed by atoms with Crippen molar-refractivity contribution in [3.05, 3.63) is 95.8 Å². The summed E-state index contributed by atoms with van der Waals surface area (Å²) in [5.41, 5.74) is 0.554. The monoisotopic (exact) mass is 522 g/mol. The molecule has 0 saturated carbocycles. The molecule has 1 fully saturated rings. The number of carbonyl (C=O) groups is 3. The van der Waals surface area contributed by atoms with E-state index in [0.29, 0.717) is 11.1 Å². The lowest BCUT2D eigenvalue weighted by molar-refractivity contribution is -0.154. The first-order valence-corrected chi connectivity index (χ1v) is 12.1. The van der Waals surface area contributed by atoms with Crippen LogP contribution in [0.5, 0.6) is 0 Å². The molecule has 0 spiro atoms. The summed E-state index contributed by atoms with van der Waals surface area (Å²) in [7, 11) is 1.34. The average Bonchev–Trinajstić information content (AvgIpc) is 3.29. The lowest BCUT2D eigenvalue weighted by Gasteiger charge is -2.23. The molecule has 2 amide bonds. The van der Waals surface area contributed by atoms with Crippen molar-refractivity contribution in [2.24, 2.45) is 0 Å². The number of ether oxygens (including phenoxy) is 2. The second-order valence-electron chi connectivity index (χ2n) is 9.19. The van der Waals surface area contributed by atoms with Crippen LogP contribution in [0.1, 0.15) is 22.3 Å². The summed E-state index contributed by atoms with van der Waals surface area (Å²) >= 11 is 0. The number of esters is 1. The van der Waals surface area contributed by atoms with Gasteiger partial charge in [0, 0.05) is 19.1 Å². The SMILES string of the molecule is COC[C@@]1(F)C[C@@H](C(=O)OCc2ccccc2)N(C(=O)CNC(=O)c2cccc(-c3ccc(F)cc3)c2)C1. The van der Waals surface area contributed by atoms with Crippen molar-refractivity contribution in [1.29, 1.82) is 0 Å². The molecule has 1 aliphatic heterocycles. The number of halogens is 2. The summed E-state index contributed by atoms with van der Waals surface area (Å²) in [5.74, 6) is -2.23. The van der Waals surface area contributed by atoms with Gasteiger partial charge in [0.25, 0.3) is 5.91 Å². The van der Waals surface area contributed by atoms with E-state index in [9.17, 15) is 18.8 Å². The highest BCUT2D eigenvalue weighted by Crippen LogP contribution is 2.32. The van der Waals surface area contributed by atoms with Gasteiger partial charge >= 0.3 is 5.97 Å². The molecule has 198 valence electrons. The maximum atomic E-state index is 15.4. The standard InChI is InChI=1S/C29H28F2N2O5/c1-37-19-29(31)15-25(28(36)38-17-20-6-3-2-4-7-20)33(18-29)26(34)16-32-27(35)23-9-5-8-22(14-23)21-10-12-24(30)13-11-21/h2-14,25H,15-19H2,1H3,(H,32,35)/t25-,29+/m0/s1. The first-order chi connectivity index (χ1) is 18.3. The van der Waals surface area contributed by atoms with Gasteiger partial charge in [-0.2, -0.15) is 0 Å². The minimum Gasteiger partial charge on any atom is -0.459 e. The second-order valence-corrected chi connectivity index (χ2v) is 9.19. The normalized spacial score (nSPS) is 18.7. The summed E-state index contributed by atoms with van der Waals surface area (Å²) in [6, 6.07) is 20.4. The van der Waals surface area contributed by atoms with E-state index in [-0.39, 0.29) is 32.0 Å². The number of rotatable bonds is 9. The van der Waals surface area contributed by atoms with E-state index in [1.807, 2.05) is 6.07 Å². The molecule has 2 atom stereocenters. The molecule has 0 unspecified atom stereocenters. The number of carbonyl (C=O) groups excluding carboxylic acids is 3. The third-order valence-corrected chi connectivity index (χ3v) is 6.31. The molecule has 0 bridgehead atoms. The number of alkyl halides is 1. The Kier molecular flexibility index (Phi) is 8.48. The van der Waals surface area contributed by atoms with E-state index in [2.05, 4.69) is 5.32 Å². The average molecular weight is 523 g/mol. The molecule has 3 aromatic carbocycles. The van der Waals surface area contributed by atoms with Crippen molar-refractivity contribution < 1.29 is 32.6 Å². The van der Waals surface area contributed by atoms with Crippen LogP contribution in [0.2, 0.25) is 0 Å². The number of hydrogen-bond acceptors (Lipinski definition) is 5. The predicted octanol–water partition coefficient (Wildman–Crippen LogP) is 3.92. The summed E-state index contributed by atoms with van der Waals surface area (Å²) in [5, 5.41) is 2.54. The molecule has 1 heterocycles. The van der Waals surface area contributed by atoms with Crippen LogP contribution in [0, 0.1) is 5.82 Å². The Hall–Kier alpha value is -4.11. The van der Waals surface area contributed by atoms with Gasteiger partial charge in [-0.25, -0.2) is 13.6 Å². The van der Waals surface area contributed by atoms with Gasteiger partial charge in [0.05, 0.1) is 19.7 Å². The third kappa shape index (κ3) is 6.60. The molecule has 1 saturated heterocycles. The van der Waals surface area contributed by atoms with Crippen molar-refractivity contribution in [3.8, 4) is 11.1 Å². The number of nitrogens with one attached hydrogen (secondary N) is 1. The van der Waals surface area contributed by atoms with Gasteiger partial charge in [-0.1, -0.05) is 54.6 Å². The minimum atomic E-state index is -1.92. The molecule has 0 aliphatic carbocycles. The zero-order chi connectivity index (χ0) is 27.1. The van der Waals surface area contributed by atoms with Crippen molar-refractivity contribution in [3.63, 3.8) is 0 Å². The summed E-state index contributed by atoms with van der Waals surface area (Å²) < 4.78 is 38.9. The zero-order valence-electron chi connectivity index (χ0n) is 20.9. The van der Waals surface area contributed by atoms with E-state index < -0.39 is 36.0 Å². The molecule has 1 aliphatic rings. The fourth-order valence-corrected chi connectivity index (χ4v) is 4.44. The number of nitrogens with zero attached hydrogens (tertiary/aromatic N) is 1. The van der Waals surface area contributed by atoms with Crippen LogP contribution < -0.4 is 5.32 Å². The predicted molar refractivity (Wildman–Crippen MR) is 136 cm³/mol. The van der Waals surface area contributed by atoms with Gasteiger partial charge in [0.15, 0.2) is 5.67 Å². The third-order valence-electron chi connectivity index (χ3n) is 6.31. The maximum absolute atomic E-state index is 15.4. The van der Waals surface area contributed by atoms with Crippen molar-refractivity contribution >= 4 is 17.8 Å². The number of benzene rings is 3. The van der Waals surface area contributed by atoms with Gasteiger partial charge in [0.1, 0.15) is 18.5 Å². The van der Waals surface area contributed by atoms with E-state index in [1.54, 1.807) is 60.7 Å². The lowest BCUT2D eigenvalue weighted by atomic mass is 10.0. The fourth-order valence-electron chi connectivity index (χ4n) is 4.44.